The van der Waals surface area contributed by atoms with E-state index in [-0.39, 0.29) is 0 Å². The fraction of sp³-hybridized carbons (Fsp3) is 0.429. The van der Waals surface area contributed by atoms with Crippen LogP contribution in [0.1, 0.15) is 25.8 Å². The molecule has 0 spiro atoms. The van der Waals surface area contributed by atoms with Gasteiger partial charge in [-0.3, -0.25) is 19.8 Å². The number of nitriles is 1. The number of alkyl halides is 2. The zero-order chi connectivity index (χ0) is 23.2. The van der Waals surface area contributed by atoms with Crippen LogP contribution in [-0.4, -0.2) is 63.7 Å². The van der Waals surface area contributed by atoms with E-state index in [9.17, 15) is 18.7 Å². The summed E-state index contributed by atoms with van der Waals surface area (Å²) < 4.78 is 28.8. The normalized spacial score (nSPS) is 20.5. The van der Waals surface area contributed by atoms with Gasteiger partial charge in [-0.05, 0) is 43.4 Å². The molecule has 0 aliphatic carbocycles. The van der Waals surface area contributed by atoms with E-state index in [1.165, 1.54) is 6.20 Å². The van der Waals surface area contributed by atoms with E-state index in [1.54, 1.807) is 43.1 Å². The van der Waals surface area contributed by atoms with Gasteiger partial charge in [0, 0.05) is 31.4 Å². The van der Waals surface area contributed by atoms with Crippen LogP contribution >= 0.6 is 0 Å². The van der Waals surface area contributed by atoms with Crippen molar-refractivity contribution in [1.29, 1.82) is 5.26 Å². The van der Waals surface area contributed by atoms with Gasteiger partial charge in [0.25, 0.3) is 5.92 Å². The molecule has 1 fully saturated rings. The maximum atomic E-state index is 13.6. The lowest BCUT2D eigenvalue weighted by molar-refractivity contribution is -0.132. The molecule has 2 N–H and O–H groups in total. The van der Waals surface area contributed by atoms with Gasteiger partial charge in [-0.25, -0.2) is 8.78 Å². The number of hydrogen-bond acceptors (Lipinski definition) is 6. The Kier molecular flexibility index (Phi) is 7.96. The average Bonchev–Trinajstić information content (AvgIpc) is 3.29. The van der Waals surface area contributed by atoms with Gasteiger partial charge in [0.05, 0.1) is 25.4 Å². The van der Waals surface area contributed by atoms with Crippen LogP contribution in [0.3, 0.4) is 0 Å². The molecule has 0 saturated carbocycles. The number of aromatic nitrogens is 2. The number of hydrogen-bond donors (Lipinski definition) is 2. The number of likely N-dealkylation sites (tertiary alicyclic amines) is 1. The van der Waals surface area contributed by atoms with Crippen LogP contribution < -0.4 is 5.32 Å². The van der Waals surface area contributed by atoms with Gasteiger partial charge in [-0.2, -0.15) is 10.4 Å². The highest BCUT2D eigenvalue weighted by atomic mass is 19.3. The highest BCUT2D eigenvalue weighted by Crippen LogP contribution is 2.31. The minimum atomic E-state index is -3.09. The number of halogens is 2. The predicted octanol–water partition coefficient (Wildman–Crippen LogP) is 2.02. The van der Waals surface area contributed by atoms with Crippen LogP contribution in [0.25, 0.3) is 5.57 Å². The van der Waals surface area contributed by atoms with Crippen molar-refractivity contribution in [2.24, 2.45) is 12.0 Å². The van der Waals surface area contributed by atoms with E-state index >= 15 is 0 Å². The molecular weight excluding hydrogens is 406 g/mol. The lowest BCUT2D eigenvalue weighted by Gasteiger charge is -2.22. The molecule has 1 amide bonds. The summed E-state index contributed by atoms with van der Waals surface area (Å²) in [6, 6.07) is 0.539. The van der Waals surface area contributed by atoms with Crippen LogP contribution in [0.4, 0.5) is 8.78 Å². The Morgan fingerprint density at radius 3 is 2.87 bits per heavy atom. The third kappa shape index (κ3) is 6.16. The molecule has 1 saturated heterocycles. The summed E-state index contributed by atoms with van der Waals surface area (Å²) in [5, 5.41) is 26.4. The monoisotopic (exact) mass is 432 g/mol. The van der Waals surface area contributed by atoms with Crippen molar-refractivity contribution in [2.75, 3.05) is 13.1 Å². The summed E-state index contributed by atoms with van der Waals surface area (Å²) in [6.45, 7) is 5.82. The minimum absolute atomic E-state index is 0.410. The Bertz CT molecular complexity index is 957. The fourth-order valence-corrected chi connectivity index (χ4v) is 3.31. The standard InChI is InChI=1S/C21H26F2N6O2/c1-5-18(15(9-25-3)6-14(2)16-10-27-28(4)12-16)20(31)26-11-19(30)29-13-21(22,23)7-17(29)8-24/h5-6,9-10,12,17,20,26,31H,3,7,11,13H2,1-2,4H3/b14-6+,15-9-,18-5+/t17-,20?/m0/s1. The molecule has 10 heteroatoms. The molecule has 2 rings (SSSR count). The van der Waals surface area contributed by atoms with Crippen LogP contribution in [0, 0.1) is 11.3 Å². The average molecular weight is 432 g/mol. The smallest absolute Gasteiger partial charge is 0.268 e. The molecule has 1 aliphatic heterocycles. The number of amides is 1. The van der Waals surface area contributed by atoms with Crippen LogP contribution in [0.2, 0.25) is 0 Å². The third-order valence-electron chi connectivity index (χ3n) is 4.89. The molecule has 166 valence electrons. The molecule has 1 aromatic heterocycles. The number of carbonyl (C=O) groups excluding carboxylic acids is 1. The van der Waals surface area contributed by atoms with Gasteiger partial charge >= 0.3 is 0 Å². The largest absolute Gasteiger partial charge is 0.374 e. The van der Waals surface area contributed by atoms with Gasteiger partial charge < -0.3 is 10.0 Å². The second-order valence-corrected chi connectivity index (χ2v) is 7.25. The van der Waals surface area contributed by atoms with Crippen LogP contribution in [0.15, 0.2) is 46.9 Å². The van der Waals surface area contributed by atoms with E-state index < -0.39 is 43.6 Å². The first-order valence-corrected chi connectivity index (χ1v) is 9.60. The summed E-state index contributed by atoms with van der Waals surface area (Å²) in [4.78, 5) is 17.0. The van der Waals surface area contributed by atoms with Crippen molar-refractivity contribution in [1.82, 2.24) is 20.0 Å². The molecule has 2 heterocycles. The minimum Gasteiger partial charge on any atom is -0.374 e. The van der Waals surface area contributed by atoms with Gasteiger partial charge in [0.1, 0.15) is 12.3 Å². The highest BCUT2D eigenvalue weighted by Gasteiger charge is 2.47. The van der Waals surface area contributed by atoms with E-state index in [4.69, 9.17) is 5.26 Å². The zero-order valence-corrected chi connectivity index (χ0v) is 17.7. The molecular formula is C21H26F2N6O2. The SMILES string of the molecule is C=N/C=C(/C=C(\C)c1cnn(C)c1)C(=C/C)\C(O)NCC(=O)N1CC(F)(F)C[C@H]1C#N. The Hall–Kier alpha value is -3.16. The summed E-state index contributed by atoms with van der Waals surface area (Å²) in [6.07, 6.45) is 6.48. The molecule has 0 radical (unpaired) electrons. The van der Waals surface area contributed by atoms with Crippen molar-refractivity contribution in [3.63, 3.8) is 0 Å². The summed E-state index contributed by atoms with van der Waals surface area (Å²) in [5.74, 6) is -3.78. The zero-order valence-electron chi connectivity index (χ0n) is 17.7. The fourth-order valence-electron chi connectivity index (χ4n) is 3.31. The van der Waals surface area contributed by atoms with Crippen molar-refractivity contribution in [2.45, 2.75) is 38.5 Å². The first-order valence-electron chi connectivity index (χ1n) is 9.60. The Labute approximate surface area is 179 Å². The number of aliphatic hydroxyl groups is 1. The Morgan fingerprint density at radius 1 is 1.61 bits per heavy atom. The molecule has 31 heavy (non-hydrogen) atoms. The maximum absolute atomic E-state index is 13.6. The molecule has 0 bridgehead atoms. The lowest BCUT2D eigenvalue weighted by atomic mass is 10.0. The maximum Gasteiger partial charge on any atom is 0.268 e. The van der Waals surface area contributed by atoms with Crippen molar-refractivity contribution >= 4 is 18.2 Å². The van der Waals surface area contributed by atoms with Crippen molar-refractivity contribution < 1.29 is 18.7 Å². The molecule has 0 aromatic carbocycles. The number of rotatable bonds is 8. The van der Waals surface area contributed by atoms with Gasteiger partial charge in [-0.1, -0.05) is 6.08 Å². The molecule has 8 nitrogen and oxygen atoms in total. The number of nitrogens with one attached hydrogen (secondary N) is 1. The van der Waals surface area contributed by atoms with E-state index in [2.05, 4.69) is 22.1 Å². The van der Waals surface area contributed by atoms with Gasteiger partial charge in [0.15, 0.2) is 0 Å². The number of nitrogens with zero attached hydrogens (tertiary/aromatic N) is 5. The van der Waals surface area contributed by atoms with Crippen molar-refractivity contribution in [3.05, 3.63) is 47.5 Å². The predicted molar refractivity (Wildman–Crippen MR) is 113 cm³/mol. The van der Waals surface area contributed by atoms with E-state index in [1.807, 2.05) is 13.1 Å². The molecule has 2 atom stereocenters. The highest BCUT2D eigenvalue weighted by molar-refractivity contribution is 5.79. The molecule has 1 aliphatic rings. The first kappa shape index (κ1) is 24.1. The molecule has 1 aromatic rings. The van der Waals surface area contributed by atoms with E-state index in [0.29, 0.717) is 11.1 Å². The summed E-state index contributed by atoms with van der Waals surface area (Å²) in [7, 11) is 1.80. The van der Waals surface area contributed by atoms with E-state index in [0.717, 1.165) is 16.0 Å². The number of aliphatic hydroxyl groups excluding tert-OH is 1. The number of aryl methyl sites for hydroxylation is 1. The Morgan fingerprint density at radius 2 is 2.32 bits per heavy atom. The summed E-state index contributed by atoms with van der Waals surface area (Å²) >= 11 is 0. The number of carbonyl (C=O) groups is 1. The third-order valence-corrected chi connectivity index (χ3v) is 4.89. The quantitative estimate of drug-likeness (QED) is 0.371. The van der Waals surface area contributed by atoms with Crippen LogP contribution in [0.5, 0.6) is 0 Å². The first-order chi connectivity index (χ1) is 14.6. The lowest BCUT2D eigenvalue weighted by Crippen LogP contribution is -2.44. The molecule has 1 unspecified atom stereocenters. The number of aliphatic imine (C=N–C) groups is 1. The second-order valence-electron chi connectivity index (χ2n) is 7.25. The summed E-state index contributed by atoms with van der Waals surface area (Å²) in [5.41, 5.74) is 2.71. The van der Waals surface area contributed by atoms with Gasteiger partial charge in [0.2, 0.25) is 5.91 Å². The van der Waals surface area contributed by atoms with Crippen LogP contribution in [-0.2, 0) is 11.8 Å². The van der Waals surface area contributed by atoms with Gasteiger partial charge in [-0.15, -0.1) is 0 Å². The second kappa shape index (κ2) is 10.2. The number of allylic oxidation sites excluding steroid dienone is 3. The van der Waals surface area contributed by atoms with Crippen molar-refractivity contribution in [3.8, 4) is 6.07 Å². The Balaban J connectivity index is 2.11. The topological polar surface area (TPSA) is 107 Å².